The van der Waals surface area contributed by atoms with E-state index in [1.807, 2.05) is 4.90 Å². The van der Waals surface area contributed by atoms with Gasteiger partial charge in [-0.15, -0.1) is 0 Å². The van der Waals surface area contributed by atoms with Crippen molar-refractivity contribution in [1.82, 2.24) is 14.6 Å². The quantitative estimate of drug-likeness (QED) is 0.586. The number of rotatable bonds is 4. The highest BCUT2D eigenvalue weighted by Gasteiger charge is 2.28. The lowest BCUT2D eigenvalue weighted by atomic mass is 10.2. The SMILES string of the molecule is CN(C)S(=O)(=O)c1ccc(N2CC[C@@H](N=C=O)C2)c2nonc12. The zero-order chi connectivity index (χ0) is 16.6. The number of hydrogen-bond donors (Lipinski definition) is 0. The molecule has 122 valence electrons. The average Bonchev–Trinajstić information content (AvgIpc) is 3.15. The van der Waals surface area contributed by atoms with E-state index >= 15 is 0 Å². The summed E-state index contributed by atoms with van der Waals surface area (Å²) in [6.45, 7) is 1.22. The molecule has 0 amide bonds. The Morgan fingerprint density at radius 1 is 1.35 bits per heavy atom. The molecule has 9 nitrogen and oxygen atoms in total. The van der Waals surface area contributed by atoms with Gasteiger partial charge in [-0.1, -0.05) is 0 Å². The van der Waals surface area contributed by atoms with Crippen LogP contribution in [-0.4, -0.2) is 62.3 Å². The first-order valence-corrected chi connectivity index (χ1v) is 8.39. The molecule has 0 N–H and O–H groups in total. The molecule has 3 rings (SSSR count). The molecule has 23 heavy (non-hydrogen) atoms. The summed E-state index contributed by atoms with van der Waals surface area (Å²) in [6.07, 6.45) is 2.29. The van der Waals surface area contributed by atoms with Crippen LogP contribution in [0.1, 0.15) is 6.42 Å². The summed E-state index contributed by atoms with van der Waals surface area (Å²) in [5.74, 6) is 0. The van der Waals surface area contributed by atoms with Crippen LogP contribution in [0.4, 0.5) is 5.69 Å². The van der Waals surface area contributed by atoms with E-state index in [1.165, 1.54) is 20.2 Å². The number of aromatic nitrogens is 2. The summed E-state index contributed by atoms with van der Waals surface area (Å²) in [5.41, 5.74) is 1.28. The number of benzene rings is 1. The summed E-state index contributed by atoms with van der Waals surface area (Å²) in [7, 11) is -0.752. The third-order valence-electron chi connectivity index (χ3n) is 3.86. The Morgan fingerprint density at radius 3 is 2.78 bits per heavy atom. The number of aliphatic imine (C=N–C) groups is 1. The molecule has 0 aliphatic carbocycles. The van der Waals surface area contributed by atoms with Gasteiger partial charge < -0.3 is 4.90 Å². The van der Waals surface area contributed by atoms with Crippen LogP contribution in [0.15, 0.2) is 26.6 Å². The minimum Gasteiger partial charge on any atom is -0.367 e. The Labute approximate surface area is 132 Å². The van der Waals surface area contributed by atoms with Crippen molar-refractivity contribution in [2.75, 3.05) is 32.1 Å². The van der Waals surface area contributed by atoms with Gasteiger partial charge >= 0.3 is 0 Å². The Morgan fingerprint density at radius 2 is 2.09 bits per heavy atom. The van der Waals surface area contributed by atoms with E-state index in [9.17, 15) is 13.2 Å². The summed E-state index contributed by atoms with van der Waals surface area (Å²) in [4.78, 5) is 16.1. The molecule has 2 aromatic rings. The number of isocyanates is 1. The van der Waals surface area contributed by atoms with E-state index in [0.29, 0.717) is 24.3 Å². The molecule has 1 aliphatic rings. The second-order valence-electron chi connectivity index (χ2n) is 5.44. The summed E-state index contributed by atoms with van der Waals surface area (Å²) in [5, 5.41) is 7.60. The van der Waals surface area contributed by atoms with Gasteiger partial charge in [0.25, 0.3) is 0 Å². The topological polar surface area (TPSA) is 109 Å². The minimum atomic E-state index is -3.65. The smallest absolute Gasteiger partial charge is 0.244 e. The van der Waals surface area contributed by atoms with Gasteiger partial charge in [0.2, 0.25) is 16.1 Å². The molecule has 1 aromatic heterocycles. The van der Waals surface area contributed by atoms with Crippen molar-refractivity contribution in [1.29, 1.82) is 0 Å². The predicted molar refractivity (Wildman–Crippen MR) is 81.4 cm³/mol. The Kier molecular flexibility index (Phi) is 3.88. The van der Waals surface area contributed by atoms with E-state index < -0.39 is 10.0 Å². The van der Waals surface area contributed by atoms with Crippen LogP contribution in [-0.2, 0) is 14.8 Å². The van der Waals surface area contributed by atoms with E-state index in [4.69, 9.17) is 4.63 Å². The highest BCUT2D eigenvalue weighted by atomic mass is 32.2. The molecule has 0 unspecified atom stereocenters. The Balaban J connectivity index is 2.06. The van der Waals surface area contributed by atoms with E-state index in [0.717, 1.165) is 10.7 Å². The first-order chi connectivity index (χ1) is 10.9. The molecule has 0 saturated carbocycles. The lowest BCUT2D eigenvalue weighted by Gasteiger charge is -2.19. The normalized spacial score (nSPS) is 18.6. The Bertz CT molecular complexity index is 885. The maximum Gasteiger partial charge on any atom is 0.244 e. The zero-order valence-electron chi connectivity index (χ0n) is 12.6. The molecular formula is C13H15N5O4S. The summed E-state index contributed by atoms with van der Waals surface area (Å²) >= 11 is 0. The molecule has 1 aliphatic heterocycles. The molecule has 1 fully saturated rings. The van der Waals surface area contributed by atoms with Crippen LogP contribution in [0.5, 0.6) is 0 Å². The van der Waals surface area contributed by atoms with Crippen molar-refractivity contribution in [3.8, 4) is 0 Å². The van der Waals surface area contributed by atoms with Crippen LogP contribution in [0.25, 0.3) is 11.0 Å². The molecular weight excluding hydrogens is 322 g/mol. The number of fused-ring (bicyclic) bond motifs is 1. The third-order valence-corrected chi connectivity index (χ3v) is 5.70. The van der Waals surface area contributed by atoms with Gasteiger partial charge in [0.05, 0.1) is 11.7 Å². The van der Waals surface area contributed by atoms with Crippen molar-refractivity contribution in [3.63, 3.8) is 0 Å². The molecule has 0 bridgehead atoms. The molecule has 1 atom stereocenters. The van der Waals surface area contributed by atoms with Crippen molar-refractivity contribution in [3.05, 3.63) is 12.1 Å². The highest BCUT2D eigenvalue weighted by molar-refractivity contribution is 7.89. The number of nitrogens with zero attached hydrogens (tertiary/aromatic N) is 5. The lowest BCUT2D eigenvalue weighted by Crippen LogP contribution is -2.24. The summed E-state index contributed by atoms with van der Waals surface area (Å²) < 4.78 is 30.6. The third kappa shape index (κ3) is 2.61. The Hall–Kier alpha value is -2.29. The van der Waals surface area contributed by atoms with Crippen LogP contribution >= 0.6 is 0 Å². The summed E-state index contributed by atoms with van der Waals surface area (Å²) in [6, 6.07) is 3.05. The van der Waals surface area contributed by atoms with Crippen LogP contribution in [0.2, 0.25) is 0 Å². The van der Waals surface area contributed by atoms with Gasteiger partial charge in [0.1, 0.15) is 4.90 Å². The highest BCUT2D eigenvalue weighted by Crippen LogP contribution is 2.32. The molecule has 2 heterocycles. The molecule has 0 spiro atoms. The van der Waals surface area contributed by atoms with Gasteiger partial charge in [0.15, 0.2) is 11.0 Å². The maximum absolute atomic E-state index is 12.4. The van der Waals surface area contributed by atoms with Crippen LogP contribution < -0.4 is 4.90 Å². The molecule has 0 radical (unpaired) electrons. The molecule has 1 saturated heterocycles. The second kappa shape index (κ2) is 5.73. The minimum absolute atomic E-state index is 0.0455. The maximum atomic E-state index is 12.4. The van der Waals surface area contributed by atoms with Crippen LogP contribution in [0, 0.1) is 0 Å². The van der Waals surface area contributed by atoms with Gasteiger partial charge in [-0.3, -0.25) is 0 Å². The zero-order valence-corrected chi connectivity index (χ0v) is 13.4. The fourth-order valence-corrected chi connectivity index (χ4v) is 3.64. The number of carbonyl (C=O) groups excluding carboxylic acids is 1. The van der Waals surface area contributed by atoms with Gasteiger partial charge in [-0.2, -0.15) is 0 Å². The van der Waals surface area contributed by atoms with Crippen molar-refractivity contribution >= 4 is 32.8 Å². The first kappa shape index (κ1) is 15.6. The number of hydrogen-bond acceptors (Lipinski definition) is 8. The second-order valence-corrected chi connectivity index (χ2v) is 7.56. The fourth-order valence-electron chi connectivity index (χ4n) is 2.63. The monoisotopic (exact) mass is 337 g/mol. The van der Waals surface area contributed by atoms with Crippen molar-refractivity contribution < 1.29 is 17.8 Å². The van der Waals surface area contributed by atoms with Crippen molar-refractivity contribution in [2.24, 2.45) is 4.99 Å². The van der Waals surface area contributed by atoms with Gasteiger partial charge in [0, 0.05) is 27.2 Å². The first-order valence-electron chi connectivity index (χ1n) is 6.95. The lowest BCUT2D eigenvalue weighted by molar-refractivity contribution is 0.315. The molecule has 10 heteroatoms. The van der Waals surface area contributed by atoms with Crippen molar-refractivity contribution in [2.45, 2.75) is 17.4 Å². The van der Waals surface area contributed by atoms with Gasteiger partial charge in [-0.25, -0.2) is 27.1 Å². The van der Waals surface area contributed by atoms with Gasteiger partial charge in [-0.05, 0) is 28.9 Å². The number of anilines is 1. The fraction of sp³-hybridized carbons (Fsp3) is 0.462. The average molecular weight is 337 g/mol. The number of sulfonamides is 1. The van der Waals surface area contributed by atoms with E-state index in [1.54, 1.807) is 12.1 Å². The standard InChI is InChI=1S/C13H15N5O4S/c1-17(2)23(20,21)11-4-3-10(12-13(11)16-22-15-12)18-6-5-9(7-18)14-8-19/h3-4,9H,5-7H2,1-2H3/t9-/m1/s1. The predicted octanol–water partition coefficient (Wildman–Crippen LogP) is 0.388. The molecule has 1 aromatic carbocycles. The van der Waals surface area contributed by atoms with E-state index in [-0.39, 0.29) is 16.5 Å². The van der Waals surface area contributed by atoms with E-state index in [2.05, 4.69) is 15.3 Å². The largest absolute Gasteiger partial charge is 0.367 e. The van der Waals surface area contributed by atoms with Crippen LogP contribution in [0.3, 0.4) is 0 Å².